The summed E-state index contributed by atoms with van der Waals surface area (Å²) in [6, 6.07) is 4.20. The summed E-state index contributed by atoms with van der Waals surface area (Å²) < 4.78 is 13.1. The van der Waals surface area contributed by atoms with Crippen molar-refractivity contribution in [2.75, 3.05) is 18.4 Å². The van der Waals surface area contributed by atoms with Crippen LogP contribution in [0.2, 0.25) is 5.02 Å². The number of hydrogen-bond acceptors (Lipinski definition) is 2. The van der Waals surface area contributed by atoms with E-state index in [1.165, 1.54) is 25.0 Å². The first-order valence-electron chi connectivity index (χ1n) is 5.61. The van der Waals surface area contributed by atoms with Gasteiger partial charge in [0.1, 0.15) is 5.82 Å². The number of hydrogen-bond donors (Lipinski definition) is 2. The van der Waals surface area contributed by atoms with Crippen LogP contribution in [-0.4, -0.2) is 19.0 Å². The molecule has 1 aromatic carbocycles. The molecule has 1 fully saturated rings. The summed E-state index contributed by atoms with van der Waals surface area (Å²) in [7, 11) is 0. The summed E-state index contributed by atoms with van der Waals surface area (Å²) in [5, 5.41) is 5.72. The second kappa shape index (κ2) is 6.92. The van der Waals surface area contributed by atoms with Crippen molar-refractivity contribution in [3.63, 3.8) is 0 Å². The summed E-state index contributed by atoms with van der Waals surface area (Å²) in [4.78, 5) is 11.5. The minimum atomic E-state index is -0.532. The monoisotopic (exact) mass is 292 g/mol. The van der Waals surface area contributed by atoms with Crippen molar-refractivity contribution < 1.29 is 9.18 Å². The number of nitrogens with one attached hydrogen (secondary N) is 2. The quantitative estimate of drug-likeness (QED) is 0.876. The largest absolute Gasteiger partial charge is 0.325 e. The van der Waals surface area contributed by atoms with Crippen molar-refractivity contribution in [2.45, 2.75) is 12.8 Å². The third-order valence-corrected chi connectivity index (χ3v) is 2.93. The molecule has 0 spiro atoms. The van der Waals surface area contributed by atoms with Crippen molar-refractivity contribution >= 4 is 35.6 Å². The second-order valence-electron chi connectivity index (χ2n) is 4.25. The summed E-state index contributed by atoms with van der Waals surface area (Å²) in [5.41, 5.74) is 0.421. The average molecular weight is 293 g/mol. The van der Waals surface area contributed by atoms with Crippen LogP contribution in [-0.2, 0) is 4.79 Å². The van der Waals surface area contributed by atoms with Crippen LogP contribution in [0.25, 0.3) is 0 Å². The SMILES string of the molecule is Cl.O=C(CNCC1CC1)Nc1ccc(Cl)c(F)c1. The maximum absolute atomic E-state index is 13.1. The molecule has 0 heterocycles. The lowest BCUT2D eigenvalue weighted by molar-refractivity contribution is -0.115. The standard InChI is InChI=1S/C12H14ClFN2O.ClH/c13-10-4-3-9(5-11(10)14)16-12(17)7-15-6-8-1-2-8;/h3-5,8,15H,1-2,6-7H2,(H,16,17);1H. The Morgan fingerprint density at radius 1 is 1.44 bits per heavy atom. The Morgan fingerprint density at radius 3 is 2.78 bits per heavy atom. The first-order chi connectivity index (χ1) is 8.15. The van der Waals surface area contributed by atoms with Gasteiger partial charge in [-0.1, -0.05) is 11.6 Å². The van der Waals surface area contributed by atoms with Gasteiger partial charge in [-0.05, 0) is 43.5 Å². The molecule has 2 N–H and O–H groups in total. The van der Waals surface area contributed by atoms with Crippen molar-refractivity contribution in [3.8, 4) is 0 Å². The highest BCUT2D eigenvalue weighted by Gasteiger charge is 2.20. The molecule has 0 radical (unpaired) electrons. The lowest BCUT2D eigenvalue weighted by atomic mass is 10.3. The maximum atomic E-state index is 13.1. The molecule has 100 valence electrons. The zero-order valence-electron chi connectivity index (χ0n) is 9.71. The predicted octanol–water partition coefficient (Wildman–Crippen LogP) is 2.84. The van der Waals surface area contributed by atoms with E-state index in [1.807, 2.05) is 0 Å². The Labute approximate surface area is 116 Å². The van der Waals surface area contributed by atoms with Crippen LogP contribution in [0, 0.1) is 11.7 Å². The lowest BCUT2D eigenvalue weighted by Gasteiger charge is -2.06. The normalized spacial score (nSPS) is 13.9. The topological polar surface area (TPSA) is 41.1 Å². The second-order valence-corrected chi connectivity index (χ2v) is 4.66. The molecule has 0 aromatic heterocycles. The van der Waals surface area contributed by atoms with Gasteiger partial charge in [-0.25, -0.2) is 4.39 Å². The smallest absolute Gasteiger partial charge is 0.238 e. The first kappa shape index (κ1) is 15.2. The molecule has 1 aliphatic rings. The van der Waals surface area contributed by atoms with Gasteiger partial charge in [-0.15, -0.1) is 12.4 Å². The van der Waals surface area contributed by atoms with E-state index in [-0.39, 0.29) is 29.9 Å². The summed E-state index contributed by atoms with van der Waals surface area (Å²) in [5.74, 6) is 0.0264. The van der Waals surface area contributed by atoms with Crippen molar-refractivity contribution in [1.29, 1.82) is 0 Å². The molecule has 0 saturated heterocycles. The Balaban J connectivity index is 0.00000162. The number of anilines is 1. The molecular formula is C12H15Cl2FN2O. The Morgan fingerprint density at radius 2 is 2.17 bits per heavy atom. The van der Waals surface area contributed by atoms with Gasteiger partial charge in [0.05, 0.1) is 11.6 Å². The molecule has 1 aromatic rings. The van der Waals surface area contributed by atoms with E-state index in [0.29, 0.717) is 5.69 Å². The highest BCUT2D eigenvalue weighted by atomic mass is 35.5. The van der Waals surface area contributed by atoms with Crippen LogP contribution in [0.15, 0.2) is 18.2 Å². The van der Waals surface area contributed by atoms with E-state index in [2.05, 4.69) is 10.6 Å². The maximum Gasteiger partial charge on any atom is 0.238 e. The molecule has 3 nitrogen and oxygen atoms in total. The summed E-state index contributed by atoms with van der Waals surface area (Å²) in [6.07, 6.45) is 2.49. The third-order valence-electron chi connectivity index (χ3n) is 2.62. The highest BCUT2D eigenvalue weighted by Crippen LogP contribution is 2.27. The number of rotatable bonds is 5. The van der Waals surface area contributed by atoms with Crippen LogP contribution in [0.3, 0.4) is 0 Å². The highest BCUT2D eigenvalue weighted by molar-refractivity contribution is 6.30. The van der Waals surface area contributed by atoms with Crippen molar-refractivity contribution in [3.05, 3.63) is 29.0 Å². The third kappa shape index (κ3) is 4.80. The van der Waals surface area contributed by atoms with Crippen LogP contribution in [0.4, 0.5) is 10.1 Å². The molecule has 1 amide bonds. The zero-order chi connectivity index (χ0) is 12.3. The lowest BCUT2D eigenvalue weighted by Crippen LogP contribution is -2.29. The van der Waals surface area contributed by atoms with Crippen molar-refractivity contribution in [2.24, 2.45) is 5.92 Å². The Kier molecular flexibility index (Phi) is 5.85. The fraction of sp³-hybridized carbons (Fsp3) is 0.417. The fourth-order valence-corrected chi connectivity index (χ4v) is 1.61. The Hall–Kier alpha value is -0.840. The molecule has 0 atom stereocenters. The fourth-order valence-electron chi connectivity index (χ4n) is 1.49. The van der Waals surface area contributed by atoms with Gasteiger partial charge in [0.15, 0.2) is 0 Å². The molecule has 0 bridgehead atoms. The molecule has 18 heavy (non-hydrogen) atoms. The minimum Gasteiger partial charge on any atom is -0.325 e. The van der Waals surface area contributed by atoms with E-state index in [4.69, 9.17) is 11.6 Å². The van der Waals surface area contributed by atoms with Crippen LogP contribution in [0.5, 0.6) is 0 Å². The zero-order valence-corrected chi connectivity index (χ0v) is 11.3. The van der Waals surface area contributed by atoms with Gasteiger partial charge >= 0.3 is 0 Å². The van der Waals surface area contributed by atoms with Gasteiger partial charge < -0.3 is 10.6 Å². The van der Waals surface area contributed by atoms with Gasteiger partial charge in [0, 0.05) is 5.69 Å². The van der Waals surface area contributed by atoms with Crippen molar-refractivity contribution in [1.82, 2.24) is 5.32 Å². The van der Waals surface area contributed by atoms with Crippen LogP contribution >= 0.6 is 24.0 Å². The van der Waals surface area contributed by atoms with E-state index in [9.17, 15) is 9.18 Å². The molecule has 2 rings (SSSR count). The average Bonchev–Trinajstić information content (AvgIpc) is 3.07. The van der Waals surface area contributed by atoms with Gasteiger partial charge in [-0.2, -0.15) is 0 Å². The number of carbonyl (C=O) groups excluding carboxylic acids is 1. The molecule has 0 unspecified atom stereocenters. The Bertz CT molecular complexity index is 425. The van der Waals surface area contributed by atoms with E-state index < -0.39 is 5.82 Å². The van der Waals surface area contributed by atoms with Gasteiger partial charge in [0.25, 0.3) is 0 Å². The summed E-state index contributed by atoms with van der Waals surface area (Å²) >= 11 is 5.54. The van der Waals surface area contributed by atoms with E-state index in [1.54, 1.807) is 6.07 Å². The number of benzene rings is 1. The molecular weight excluding hydrogens is 278 g/mol. The van der Waals surface area contributed by atoms with E-state index in [0.717, 1.165) is 12.5 Å². The number of amides is 1. The van der Waals surface area contributed by atoms with Gasteiger partial charge in [-0.3, -0.25) is 4.79 Å². The number of carbonyl (C=O) groups is 1. The molecule has 6 heteroatoms. The van der Waals surface area contributed by atoms with Gasteiger partial charge in [0.2, 0.25) is 5.91 Å². The van der Waals surface area contributed by atoms with E-state index >= 15 is 0 Å². The first-order valence-corrected chi connectivity index (χ1v) is 5.98. The minimum absolute atomic E-state index is 0. The summed E-state index contributed by atoms with van der Waals surface area (Å²) in [6.45, 7) is 1.13. The number of halogens is 3. The molecule has 1 saturated carbocycles. The van der Waals surface area contributed by atoms with Crippen LogP contribution in [0.1, 0.15) is 12.8 Å². The predicted molar refractivity (Wildman–Crippen MR) is 72.9 cm³/mol. The molecule has 1 aliphatic carbocycles. The molecule has 0 aliphatic heterocycles. The van der Waals surface area contributed by atoms with Crippen LogP contribution < -0.4 is 10.6 Å².